The van der Waals surface area contributed by atoms with Crippen molar-refractivity contribution in [1.82, 2.24) is 5.32 Å². The lowest BCUT2D eigenvalue weighted by atomic mass is 10.3. The number of urea groups is 1. The number of hydrogen-bond acceptors (Lipinski definition) is 3. The van der Waals surface area contributed by atoms with Crippen molar-refractivity contribution in [2.75, 3.05) is 32.7 Å². The summed E-state index contributed by atoms with van der Waals surface area (Å²) in [5.41, 5.74) is 0.701. The Morgan fingerprint density at radius 1 is 1.39 bits per heavy atom. The second-order valence-electron chi connectivity index (χ2n) is 3.58. The minimum atomic E-state index is -0.233. The van der Waals surface area contributed by atoms with Crippen LogP contribution in [0.15, 0.2) is 22.7 Å². The third kappa shape index (κ3) is 4.93. The third-order valence-corrected chi connectivity index (χ3v) is 2.84. The van der Waals surface area contributed by atoms with E-state index in [1.54, 1.807) is 32.4 Å². The molecule has 100 valence electrons. The molecule has 2 amide bonds. The van der Waals surface area contributed by atoms with E-state index >= 15 is 0 Å². The zero-order chi connectivity index (χ0) is 13.4. The molecule has 6 heteroatoms. The molecule has 1 aromatic rings. The first-order chi connectivity index (χ1) is 8.67. The summed E-state index contributed by atoms with van der Waals surface area (Å²) in [6.07, 6.45) is 0.788. The SMILES string of the molecule is COCCCNC(=O)Nc1ccc(OC)c(Br)c1. The summed E-state index contributed by atoms with van der Waals surface area (Å²) < 4.78 is 10.8. The minimum absolute atomic E-state index is 0.233. The number of nitrogens with one attached hydrogen (secondary N) is 2. The van der Waals surface area contributed by atoms with Gasteiger partial charge in [0.05, 0.1) is 11.6 Å². The molecule has 1 aromatic carbocycles. The largest absolute Gasteiger partial charge is 0.496 e. The van der Waals surface area contributed by atoms with Crippen molar-refractivity contribution in [3.05, 3.63) is 22.7 Å². The normalized spacial score (nSPS) is 9.94. The summed E-state index contributed by atoms with van der Waals surface area (Å²) in [5, 5.41) is 5.47. The highest BCUT2D eigenvalue weighted by Gasteiger charge is 2.04. The van der Waals surface area contributed by atoms with E-state index in [1.807, 2.05) is 0 Å². The molecule has 0 bridgehead atoms. The van der Waals surface area contributed by atoms with Gasteiger partial charge in [0.2, 0.25) is 0 Å². The Bertz CT molecular complexity index is 399. The lowest BCUT2D eigenvalue weighted by Gasteiger charge is -2.09. The zero-order valence-corrected chi connectivity index (χ0v) is 12.0. The molecular formula is C12H17BrN2O3. The number of ether oxygens (including phenoxy) is 2. The van der Waals surface area contributed by atoms with Gasteiger partial charge in [0, 0.05) is 25.9 Å². The van der Waals surface area contributed by atoms with Crippen LogP contribution in [0, 0.1) is 0 Å². The maximum absolute atomic E-state index is 11.5. The van der Waals surface area contributed by atoms with E-state index in [0.717, 1.165) is 16.6 Å². The van der Waals surface area contributed by atoms with E-state index in [1.165, 1.54) is 0 Å². The molecule has 0 aliphatic carbocycles. The van der Waals surface area contributed by atoms with Crippen molar-refractivity contribution < 1.29 is 14.3 Å². The first-order valence-corrected chi connectivity index (χ1v) is 6.34. The van der Waals surface area contributed by atoms with Crippen molar-refractivity contribution in [3.8, 4) is 5.75 Å². The molecule has 0 aliphatic rings. The van der Waals surface area contributed by atoms with Gasteiger partial charge < -0.3 is 20.1 Å². The average molecular weight is 317 g/mol. The fraction of sp³-hybridized carbons (Fsp3) is 0.417. The number of carbonyl (C=O) groups excluding carboxylic acids is 1. The van der Waals surface area contributed by atoms with Crippen LogP contribution in [0.3, 0.4) is 0 Å². The Morgan fingerprint density at radius 2 is 2.17 bits per heavy atom. The van der Waals surface area contributed by atoms with Crippen LogP contribution in [-0.2, 0) is 4.74 Å². The summed E-state index contributed by atoms with van der Waals surface area (Å²) >= 11 is 3.36. The fourth-order valence-corrected chi connectivity index (χ4v) is 1.88. The molecule has 0 saturated carbocycles. The molecular weight excluding hydrogens is 300 g/mol. The summed E-state index contributed by atoms with van der Waals surface area (Å²) in [4.78, 5) is 11.5. The molecule has 0 fully saturated rings. The predicted molar refractivity (Wildman–Crippen MR) is 74.2 cm³/mol. The Labute approximate surface area is 115 Å². The number of halogens is 1. The molecule has 1 rings (SSSR count). The average Bonchev–Trinajstić information content (AvgIpc) is 2.35. The van der Waals surface area contributed by atoms with Crippen molar-refractivity contribution >= 4 is 27.6 Å². The third-order valence-electron chi connectivity index (χ3n) is 2.22. The van der Waals surface area contributed by atoms with Crippen LogP contribution < -0.4 is 15.4 Å². The van der Waals surface area contributed by atoms with E-state index < -0.39 is 0 Å². The summed E-state index contributed by atoms with van der Waals surface area (Å²) in [5.74, 6) is 0.723. The van der Waals surface area contributed by atoms with Gasteiger partial charge in [-0.05, 0) is 40.5 Å². The number of anilines is 1. The smallest absolute Gasteiger partial charge is 0.319 e. The molecule has 0 heterocycles. The first kappa shape index (κ1) is 14.8. The van der Waals surface area contributed by atoms with Crippen LogP contribution in [0.25, 0.3) is 0 Å². The second-order valence-corrected chi connectivity index (χ2v) is 4.43. The highest BCUT2D eigenvalue weighted by molar-refractivity contribution is 9.10. The Hall–Kier alpha value is -1.27. The molecule has 18 heavy (non-hydrogen) atoms. The van der Waals surface area contributed by atoms with Crippen LogP contribution in [0.4, 0.5) is 10.5 Å². The Kier molecular flexibility index (Phi) is 6.53. The van der Waals surface area contributed by atoms with E-state index in [9.17, 15) is 4.79 Å². The van der Waals surface area contributed by atoms with Crippen LogP contribution in [0.2, 0.25) is 0 Å². The van der Waals surface area contributed by atoms with Crippen LogP contribution in [0.5, 0.6) is 5.75 Å². The summed E-state index contributed by atoms with van der Waals surface area (Å²) in [6, 6.07) is 5.11. The van der Waals surface area contributed by atoms with Gasteiger partial charge >= 0.3 is 6.03 Å². The summed E-state index contributed by atoms with van der Waals surface area (Å²) in [7, 11) is 3.23. The number of amides is 2. The number of rotatable bonds is 6. The van der Waals surface area contributed by atoms with Crippen LogP contribution in [-0.4, -0.2) is 33.4 Å². The highest BCUT2D eigenvalue weighted by atomic mass is 79.9. The number of benzene rings is 1. The molecule has 0 atom stereocenters. The van der Waals surface area contributed by atoms with Crippen molar-refractivity contribution in [2.24, 2.45) is 0 Å². The number of methoxy groups -OCH3 is 2. The standard InChI is InChI=1S/C12H17BrN2O3/c1-17-7-3-6-14-12(16)15-9-4-5-11(18-2)10(13)8-9/h4-5,8H,3,6-7H2,1-2H3,(H2,14,15,16). The van der Waals surface area contributed by atoms with Crippen molar-refractivity contribution in [1.29, 1.82) is 0 Å². The van der Waals surface area contributed by atoms with Gasteiger partial charge in [-0.1, -0.05) is 0 Å². The first-order valence-electron chi connectivity index (χ1n) is 5.54. The molecule has 2 N–H and O–H groups in total. The van der Waals surface area contributed by atoms with Crippen molar-refractivity contribution in [3.63, 3.8) is 0 Å². The highest BCUT2D eigenvalue weighted by Crippen LogP contribution is 2.27. The molecule has 0 radical (unpaired) electrons. The fourth-order valence-electron chi connectivity index (χ4n) is 1.34. The molecule has 0 saturated heterocycles. The lowest BCUT2D eigenvalue weighted by molar-refractivity contribution is 0.194. The number of hydrogen-bond donors (Lipinski definition) is 2. The van der Waals surface area contributed by atoms with E-state index in [4.69, 9.17) is 9.47 Å². The monoisotopic (exact) mass is 316 g/mol. The van der Waals surface area contributed by atoms with Gasteiger partial charge in [-0.2, -0.15) is 0 Å². The second kappa shape index (κ2) is 7.94. The van der Waals surface area contributed by atoms with Gasteiger partial charge in [0.1, 0.15) is 5.75 Å². The van der Waals surface area contributed by atoms with E-state index in [0.29, 0.717) is 18.8 Å². The minimum Gasteiger partial charge on any atom is -0.496 e. The Balaban J connectivity index is 2.42. The topological polar surface area (TPSA) is 59.6 Å². The van der Waals surface area contributed by atoms with Gasteiger partial charge in [-0.15, -0.1) is 0 Å². The number of carbonyl (C=O) groups is 1. The molecule has 0 unspecified atom stereocenters. The zero-order valence-electron chi connectivity index (χ0n) is 10.5. The van der Waals surface area contributed by atoms with Crippen LogP contribution in [0.1, 0.15) is 6.42 Å². The maximum Gasteiger partial charge on any atom is 0.319 e. The molecule has 0 aliphatic heterocycles. The van der Waals surface area contributed by atoms with Crippen LogP contribution >= 0.6 is 15.9 Å². The molecule has 0 aromatic heterocycles. The molecule has 5 nitrogen and oxygen atoms in total. The summed E-state index contributed by atoms with van der Waals surface area (Å²) in [6.45, 7) is 1.21. The van der Waals surface area contributed by atoms with Gasteiger partial charge in [-0.3, -0.25) is 0 Å². The van der Waals surface area contributed by atoms with Gasteiger partial charge in [0.25, 0.3) is 0 Å². The lowest BCUT2D eigenvalue weighted by Crippen LogP contribution is -2.30. The Morgan fingerprint density at radius 3 is 2.78 bits per heavy atom. The van der Waals surface area contributed by atoms with E-state index in [-0.39, 0.29) is 6.03 Å². The van der Waals surface area contributed by atoms with Gasteiger partial charge in [-0.25, -0.2) is 4.79 Å². The van der Waals surface area contributed by atoms with Crippen molar-refractivity contribution in [2.45, 2.75) is 6.42 Å². The van der Waals surface area contributed by atoms with E-state index in [2.05, 4.69) is 26.6 Å². The molecule has 0 spiro atoms. The quantitative estimate of drug-likeness (QED) is 0.793. The maximum atomic E-state index is 11.5. The van der Waals surface area contributed by atoms with Gasteiger partial charge in [0.15, 0.2) is 0 Å². The predicted octanol–water partition coefficient (Wildman–Crippen LogP) is 2.62.